The van der Waals surface area contributed by atoms with E-state index >= 15 is 0 Å². The van der Waals surface area contributed by atoms with Crippen molar-refractivity contribution in [3.05, 3.63) is 23.2 Å². The lowest BCUT2D eigenvalue weighted by molar-refractivity contribution is -0.123. The summed E-state index contributed by atoms with van der Waals surface area (Å²) in [6.07, 6.45) is 2.00. The molecule has 0 unspecified atom stereocenters. The molecule has 8 nitrogen and oxygen atoms in total. The summed E-state index contributed by atoms with van der Waals surface area (Å²) in [6, 6.07) is 4.23. The highest BCUT2D eigenvalue weighted by molar-refractivity contribution is 7.89. The zero-order valence-electron chi connectivity index (χ0n) is 14.9. The Morgan fingerprint density at radius 3 is 2.74 bits per heavy atom. The molecule has 0 bridgehead atoms. The van der Waals surface area contributed by atoms with Crippen molar-refractivity contribution in [2.75, 3.05) is 46.1 Å². The van der Waals surface area contributed by atoms with Crippen molar-refractivity contribution in [1.29, 1.82) is 0 Å². The largest absolute Gasteiger partial charge is 0.482 e. The standard InChI is InChI=1S/C17H23ClN2O6S/c18-15-10-14(27(22,23)20-5-8-24-9-6-20)3-4-16(15)26-12-17(21)19-11-13-2-1-7-25-13/h3-4,10,13H,1-2,5-9,11-12H2,(H,19,21)/t13-/m0/s1. The second-order valence-electron chi connectivity index (χ2n) is 6.34. The minimum atomic E-state index is -3.63. The van der Waals surface area contributed by atoms with E-state index in [1.54, 1.807) is 0 Å². The Morgan fingerprint density at radius 1 is 1.30 bits per heavy atom. The SMILES string of the molecule is O=C(COc1ccc(S(=O)(=O)N2CCOCC2)cc1Cl)NC[C@@H]1CCCO1. The van der Waals surface area contributed by atoms with Gasteiger partial charge >= 0.3 is 0 Å². The molecule has 1 atom stereocenters. The average Bonchev–Trinajstić information content (AvgIpc) is 3.19. The summed E-state index contributed by atoms with van der Waals surface area (Å²) in [4.78, 5) is 12.0. The highest BCUT2D eigenvalue weighted by atomic mass is 35.5. The van der Waals surface area contributed by atoms with Crippen molar-refractivity contribution in [3.63, 3.8) is 0 Å². The second-order valence-corrected chi connectivity index (χ2v) is 8.68. The number of carbonyl (C=O) groups excluding carboxylic acids is 1. The highest BCUT2D eigenvalue weighted by Gasteiger charge is 2.27. The molecule has 3 rings (SSSR count). The quantitative estimate of drug-likeness (QED) is 0.710. The van der Waals surface area contributed by atoms with Crippen LogP contribution in [-0.4, -0.2) is 70.8 Å². The lowest BCUT2D eigenvalue weighted by atomic mass is 10.2. The van der Waals surface area contributed by atoms with Crippen molar-refractivity contribution >= 4 is 27.5 Å². The van der Waals surface area contributed by atoms with E-state index in [1.165, 1.54) is 22.5 Å². The number of hydrogen-bond donors (Lipinski definition) is 1. The van der Waals surface area contributed by atoms with Gasteiger partial charge in [-0.1, -0.05) is 11.6 Å². The van der Waals surface area contributed by atoms with Crippen LogP contribution in [0.2, 0.25) is 5.02 Å². The number of morpholine rings is 1. The molecule has 2 fully saturated rings. The monoisotopic (exact) mass is 418 g/mol. The van der Waals surface area contributed by atoms with Gasteiger partial charge in [-0.3, -0.25) is 4.79 Å². The molecular weight excluding hydrogens is 396 g/mol. The van der Waals surface area contributed by atoms with Crippen LogP contribution in [0.3, 0.4) is 0 Å². The van der Waals surface area contributed by atoms with Crippen molar-refractivity contribution < 1.29 is 27.4 Å². The van der Waals surface area contributed by atoms with Gasteiger partial charge in [0.15, 0.2) is 6.61 Å². The molecule has 0 saturated carbocycles. The molecule has 0 radical (unpaired) electrons. The van der Waals surface area contributed by atoms with E-state index in [2.05, 4.69) is 5.32 Å². The molecule has 1 aromatic carbocycles. The van der Waals surface area contributed by atoms with Gasteiger partial charge in [0, 0.05) is 26.2 Å². The van der Waals surface area contributed by atoms with Crippen LogP contribution in [0.15, 0.2) is 23.1 Å². The van der Waals surface area contributed by atoms with Gasteiger partial charge < -0.3 is 19.5 Å². The Hall–Kier alpha value is -1.39. The predicted molar refractivity (Wildman–Crippen MR) is 98.5 cm³/mol. The molecule has 10 heteroatoms. The number of hydrogen-bond acceptors (Lipinski definition) is 6. The first-order chi connectivity index (χ1) is 13.0. The van der Waals surface area contributed by atoms with Gasteiger partial charge in [-0.15, -0.1) is 0 Å². The fourth-order valence-corrected chi connectivity index (χ4v) is 4.66. The molecule has 27 heavy (non-hydrogen) atoms. The van der Waals surface area contributed by atoms with Gasteiger partial charge in [-0.05, 0) is 31.0 Å². The fraction of sp³-hybridized carbons (Fsp3) is 0.588. The van der Waals surface area contributed by atoms with Crippen LogP contribution in [0, 0.1) is 0 Å². The molecule has 1 N–H and O–H groups in total. The molecule has 1 amide bonds. The number of sulfonamides is 1. The van der Waals surface area contributed by atoms with Crippen LogP contribution >= 0.6 is 11.6 Å². The lowest BCUT2D eigenvalue weighted by Crippen LogP contribution is -2.40. The van der Waals surface area contributed by atoms with E-state index < -0.39 is 10.0 Å². The van der Waals surface area contributed by atoms with Gasteiger partial charge in [-0.2, -0.15) is 4.31 Å². The predicted octanol–water partition coefficient (Wildman–Crippen LogP) is 1.03. The first kappa shape index (κ1) is 20.3. The summed E-state index contributed by atoms with van der Waals surface area (Å²) in [6.45, 7) is 2.33. The third-order valence-electron chi connectivity index (χ3n) is 4.42. The third kappa shape index (κ3) is 5.32. The van der Waals surface area contributed by atoms with Crippen molar-refractivity contribution in [2.45, 2.75) is 23.8 Å². The normalized spacial score (nSPS) is 21.1. The molecule has 0 aromatic heterocycles. The molecule has 0 spiro atoms. The zero-order chi connectivity index (χ0) is 19.3. The average molecular weight is 419 g/mol. The van der Waals surface area contributed by atoms with E-state index in [-0.39, 0.29) is 34.3 Å². The van der Waals surface area contributed by atoms with E-state index in [0.717, 1.165) is 19.4 Å². The highest BCUT2D eigenvalue weighted by Crippen LogP contribution is 2.29. The van der Waals surface area contributed by atoms with Crippen LogP contribution in [0.4, 0.5) is 0 Å². The number of nitrogens with one attached hydrogen (secondary N) is 1. The summed E-state index contributed by atoms with van der Waals surface area (Å²) < 4.78 is 42.6. The maximum atomic E-state index is 12.6. The maximum Gasteiger partial charge on any atom is 0.258 e. The van der Waals surface area contributed by atoms with Crippen molar-refractivity contribution in [3.8, 4) is 5.75 Å². The molecule has 2 aliphatic heterocycles. The van der Waals surface area contributed by atoms with E-state index in [4.69, 9.17) is 25.8 Å². The van der Waals surface area contributed by atoms with Crippen LogP contribution in [0.1, 0.15) is 12.8 Å². The number of rotatable bonds is 7. The first-order valence-corrected chi connectivity index (χ1v) is 10.7. The number of nitrogens with zero attached hydrogens (tertiary/aromatic N) is 1. The number of halogens is 1. The number of benzene rings is 1. The first-order valence-electron chi connectivity index (χ1n) is 8.85. The van der Waals surface area contributed by atoms with Gasteiger partial charge in [0.1, 0.15) is 5.75 Å². The van der Waals surface area contributed by atoms with Crippen molar-refractivity contribution in [2.24, 2.45) is 0 Å². The van der Waals surface area contributed by atoms with E-state index in [1.807, 2.05) is 0 Å². The Morgan fingerprint density at radius 2 is 2.07 bits per heavy atom. The summed E-state index contributed by atoms with van der Waals surface area (Å²) >= 11 is 6.15. The minimum absolute atomic E-state index is 0.0576. The molecule has 2 saturated heterocycles. The molecule has 1 aromatic rings. The van der Waals surface area contributed by atoms with E-state index in [9.17, 15) is 13.2 Å². The van der Waals surface area contributed by atoms with Crippen LogP contribution < -0.4 is 10.1 Å². The van der Waals surface area contributed by atoms with Gasteiger partial charge in [0.05, 0.1) is 29.2 Å². The maximum absolute atomic E-state index is 12.6. The fourth-order valence-electron chi connectivity index (χ4n) is 2.92. The number of ether oxygens (including phenoxy) is 3. The minimum Gasteiger partial charge on any atom is -0.482 e. The smallest absolute Gasteiger partial charge is 0.258 e. The lowest BCUT2D eigenvalue weighted by Gasteiger charge is -2.26. The number of amides is 1. The summed E-state index contributed by atoms with van der Waals surface area (Å²) in [5, 5.41) is 2.88. The summed E-state index contributed by atoms with van der Waals surface area (Å²) in [7, 11) is -3.63. The van der Waals surface area contributed by atoms with Gasteiger partial charge in [-0.25, -0.2) is 8.42 Å². The van der Waals surface area contributed by atoms with Gasteiger partial charge in [0.25, 0.3) is 5.91 Å². The van der Waals surface area contributed by atoms with Crippen molar-refractivity contribution in [1.82, 2.24) is 9.62 Å². The van der Waals surface area contributed by atoms with Crippen LogP contribution in [-0.2, 0) is 24.3 Å². The molecule has 2 aliphatic rings. The molecule has 0 aliphatic carbocycles. The number of carbonyl (C=O) groups is 1. The zero-order valence-corrected chi connectivity index (χ0v) is 16.4. The molecule has 2 heterocycles. The molecular formula is C17H23ClN2O6S. The van der Waals surface area contributed by atoms with Gasteiger partial charge in [0.2, 0.25) is 10.0 Å². The van der Waals surface area contributed by atoms with E-state index in [0.29, 0.717) is 32.8 Å². The second kappa shape index (κ2) is 9.20. The Kier molecular flexibility index (Phi) is 6.93. The Bertz CT molecular complexity index is 761. The van der Waals surface area contributed by atoms with Crippen LogP contribution in [0.25, 0.3) is 0 Å². The van der Waals surface area contributed by atoms with Crippen LogP contribution in [0.5, 0.6) is 5.75 Å². The third-order valence-corrected chi connectivity index (χ3v) is 6.61. The summed E-state index contributed by atoms with van der Waals surface area (Å²) in [5.41, 5.74) is 0. The Balaban J connectivity index is 1.55. The summed E-state index contributed by atoms with van der Waals surface area (Å²) in [5.74, 6) is -0.0311. The Labute approximate surface area is 163 Å². The molecule has 150 valence electrons. The topological polar surface area (TPSA) is 94.2 Å².